The highest BCUT2D eigenvalue weighted by Crippen LogP contribution is 2.19. The van der Waals surface area contributed by atoms with Gasteiger partial charge in [-0.3, -0.25) is 14.8 Å². The highest BCUT2D eigenvalue weighted by Gasteiger charge is 2.15. The van der Waals surface area contributed by atoms with Crippen molar-refractivity contribution in [1.29, 1.82) is 0 Å². The largest absolute Gasteiger partial charge is 0.348 e. The molecule has 3 heterocycles. The molecule has 0 N–H and O–H groups in total. The highest BCUT2D eigenvalue weighted by molar-refractivity contribution is 5.80. The Morgan fingerprint density at radius 2 is 1.73 bits per heavy atom. The molecule has 136 valence electrons. The molecule has 1 saturated heterocycles. The maximum absolute atomic E-state index is 4.24. The van der Waals surface area contributed by atoms with E-state index in [1.54, 1.807) is 0 Å². The van der Waals surface area contributed by atoms with E-state index >= 15 is 0 Å². The van der Waals surface area contributed by atoms with Gasteiger partial charge < -0.3 is 4.57 Å². The monoisotopic (exact) mass is 348 g/mol. The minimum absolute atomic E-state index is 1.01. The molecule has 1 fully saturated rings. The van der Waals surface area contributed by atoms with E-state index in [-0.39, 0.29) is 0 Å². The van der Waals surface area contributed by atoms with E-state index in [4.69, 9.17) is 0 Å². The van der Waals surface area contributed by atoms with Crippen LogP contribution in [-0.2, 0) is 19.6 Å². The number of pyridine rings is 1. The molecule has 1 aromatic carbocycles. The molecule has 2 aromatic heterocycles. The fraction of sp³-hybridized carbons (Fsp3) is 0.409. The summed E-state index contributed by atoms with van der Waals surface area (Å²) in [5.74, 6) is 0. The minimum atomic E-state index is 1.01. The molecule has 1 aliphatic rings. The van der Waals surface area contributed by atoms with Crippen molar-refractivity contribution in [1.82, 2.24) is 19.4 Å². The lowest BCUT2D eigenvalue weighted by molar-refractivity contribution is 0.247. The van der Waals surface area contributed by atoms with Crippen LogP contribution in [0.3, 0.4) is 0 Å². The maximum atomic E-state index is 4.24. The molecule has 0 atom stereocenters. The Morgan fingerprint density at radius 3 is 2.46 bits per heavy atom. The first-order valence-corrected chi connectivity index (χ1v) is 9.73. The molecule has 4 heteroatoms. The summed E-state index contributed by atoms with van der Waals surface area (Å²) in [5, 5.41) is 1.34. The lowest BCUT2D eigenvalue weighted by atomic mass is 10.1. The van der Waals surface area contributed by atoms with Crippen molar-refractivity contribution in [3.05, 3.63) is 66.1 Å². The van der Waals surface area contributed by atoms with Crippen LogP contribution in [0.4, 0.5) is 0 Å². The van der Waals surface area contributed by atoms with Crippen molar-refractivity contribution in [3.63, 3.8) is 0 Å². The fourth-order valence-electron chi connectivity index (χ4n) is 3.95. The van der Waals surface area contributed by atoms with E-state index < -0.39 is 0 Å². The van der Waals surface area contributed by atoms with E-state index in [1.807, 2.05) is 18.5 Å². The molecule has 26 heavy (non-hydrogen) atoms. The van der Waals surface area contributed by atoms with Crippen LogP contribution in [0.1, 0.15) is 24.5 Å². The third-order valence-electron chi connectivity index (χ3n) is 5.40. The number of fused-ring (bicyclic) bond motifs is 1. The van der Waals surface area contributed by atoms with E-state index in [0.717, 1.165) is 32.7 Å². The van der Waals surface area contributed by atoms with Crippen molar-refractivity contribution in [3.8, 4) is 0 Å². The van der Waals surface area contributed by atoms with Gasteiger partial charge in [0.1, 0.15) is 0 Å². The Bertz CT molecular complexity index is 840. The Morgan fingerprint density at radius 1 is 0.923 bits per heavy atom. The van der Waals surface area contributed by atoms with Crippen LogP contribution in [0.2, 0.25) is 0 Å². The summed E-state index contributed by atoms with van der Waals surface area (Å²) in [6.45, 7) is 9.90. The highest BCUT2D eigenvalue weighted by atomic mass is 15.2. The average Bonchev–Trinajstić information content (AvgIpc) is 2.96. The number of nitrogens with zero attached hydrogens (tertiary/aromatic N) is 4. The van der Waals surface area contributed by atoms with Crippen LogP contribution in [-0.4, -0.2) is 45.5 Å². The number of hydrogen-bond donors (Lipinski definition) is 0. The third kappa shape index (κ3) is 3.97. The van der Waals surface area contributed by atoms with Gasteiger partial charge in [0.15, 0.2) is 0 Å². The van der Waals surface area contributed by atoms with Gasteiger partial charge in [0.2, 0.25) is 0 Å². The Kier molecular flexibility index (Phi) is 5.32. The molecule has 0 bridgehead atoms. The van der Waals surface area contributed by atoms with Crippen molar-refractivity contribution in [2.45, 2.75) is 33.0 Å². The summed E-state index contributed by atoms with van der Waals surface area (Å²) in [7, 11) is 0. The standard InChI is InChI=1S/C22H28N4/c1-2-26-12-8-21-7-6-19(15-22(21)26)17-24-10-4-11-25(14-13-24)18-20-5-3-9-23-16-20/h3,5-9,12,15-16H,2,4,10-11,13-14,17-18H2,1H3. The molecular weight excluding hydrogens is 320 g/mol. The first kappa shape index (κ1) is 17.3. The van der Waals surface area contributed by atoms with Crippen LogP contribution in [0, 0.1) is 0 Å². The average molecular weight is 348 g/mol. The van der Waals surface area contributed by atoms with Crippen LogP contribution < -0.4 is 0 Å². The van der Waals surface area contributed by atoms with E-state index in [1.165, 1.54) is 41.5 Å². The van der Waals surface area contributed by atoms with E-state index in [9.17, 15) is 0 Å². The second kappa shape index (κ2) is 8.02. The minimum Gasteiger partial charge on any atom is -0.348 e. The molecule has 3 aromatic rings. The molecular formula is C22H28N4. The first-order chi connectivity index (χ1) is 12.8. The van der Waals surface area contributed by atoms with Gasteiger partial charge in [-0.1, -0.05) is 18.2 Å². The van der Waals surface area contributed by atoms with Gasteiger partial charge in [0, 0.05) is 56.8 Å². The van der Waals surface area contributed by atoms with Crippen LogP contribution in [0.15, 0.2) is 55.0 Å². The molecule has 0 saturated carbocycles. The normalized spacial score (nSPS) is 16.8. The topological polar surface area (TPSA) is 24.3 Å². The van der Waals surface area contributed by atoms with Gasteiger partial charge in [-0.2, -0.15) is 0 Å². The number of benzene rings is 1. The predicted molar refractivity (Wildman–Crippen MR) is 107 cm³/mol. The molecule has 0 spiro atoms. The lowest BCUT2D eigenvalue weighted by Gasteiger charge is -2.22. The molecule has 0 radical (unpaired) electrons. The quantitative estimate of drug-likeness (QED) is 0.702. The summed E-state index contributed by atoms with van der Waals surface area (Å²) in [6.07, 6.45) is 7.25. The third-order valence-corrected chi connectivity index (χ3v) is 5.40. The first-order valence-electron chi connectivity index (χ1n) is 9.73. The van der Waals surface area contributed by atoms with Gasteiger partial charge in [-0.25, -0.2) is 0 Å². The van der Waals surface area contributed by atoms with Crippen molar-refractivity contribution in [2.24, 2.45) is 0 Å². The maximum Gasteiger partial charge on any atom is 0.0483 e. The zero-order chi connectivity index (χ0) is 17.8. The van der Waals surface area contributed by atoms with E-state index in [0.29, 0.717) is 0 Å². The van der Waals surface area contributed by atoms with Crippen molar-refractivity contribution >= 4 is 10.9 Å². The molecule has 1 aliphatic heterocycles. The fourth-order valence-corrected chi connectivity index (χ4v) is 3.95. The van der Waals surface area contributed by atoms with Gasteiger partial charge in [-0.05, 0) is 61.1 Å². The van der Waals surface area contributed by atoms with Crippen molar-refractivity contribution in [2.75, 3.05) is 26.2 Å². The summed E-state index contributed by atoms with van der Waals surface area (Å²) in [6, 6.07) is 13.3. The van der Waals surface area contributed by atoms with Crippen LogP contribution in [0.25, 0.3) is 10.9 Å². The van der Waals surface area contributed by atoms with Crippen LogP contribution in [0.5, 0.6) is 0 Å². The number of aryl methyl sites for hydroxylation is 1. The van der Waals surface area contributed by atoms with Gasteiger partial charge in [-0.15, -0.1) is 0 Å². The summed E-state index contributed by atoms with van der Waals surface area (Å²) >= 11 is 0. The predicted octanol–water partition coefficient (Wildman–Crippen LogP) is 3.76. The summed E-state index contributed by atoms with van der Waals surface area (Å²) in [5.41, 5.74) is 4.09. The molecule has 0 aliphatic carbocycles. The number of aromatic nitrogens is 2. The van der Waals surface area contributed by atoms with E-state index in [2.05, 4.69) is 62.8 Å². The zero-order valence-electron chi connectivity index (χ0n) is 15.6. The van der Waals surface area contributed by atoms with Gasteiger partial charge in [0.25, 0.3) is 0 Å². The number of hydrogen-bond acceptors (Lipinski definition) is 3. The summed E-state index contributed by atoms with van der Waals surface area (Å²) in [4.78, 5) is 9.40. The Hall–Kier alpha value is -2.17. The molecule has 4 nitrogen and oxygen atoms in total. The lowest BCUT2D eigenvalue weighted by Crippen LogP contribution is -2.30. The molecule has 0 unspecified atom stereocenters. The Labute approximate surface area is 156 Å². The molecule has 4 rings (SSSR count). The number of rotatable bonds is 5. The van der Waals surface area contributed by atoms with Crippen molar-refractivity contribution < 1.29 is 0 Å². The van der Waals surface area contributed by atoms with Gasteiger partial charge in [0.05, 0.1) is 0 Å². The smallest absolute Gasteiger partial charge is 0.0483 e. The summed E-state index contributed by atoms with van der Waals surface area (Å²) < 4.78 is 2.33. The zero-order valence-corrected chi connectivity index (χ0v) is 15.6. The van der Waals surface area contributed by atoms with Crippen LogP contribution >= 0.6 is 0 Å². The second-order valence-corrected chi connectivity index (χ2v) is 7.26. The molecule has 0 amide bonds. The SMILES string of the molecule is CCn1ccc2ccc(CN3CCCN(Cc4cccnc4)CC3)cc21. The second-order valence-electron chi connectivity index (χ2n) is 7.26. The Balaban J connectivity index is 1.38. The van der Waals surface area contributed by atoms with Gasteiger partial charge >= 0.3 is 0 Å².